The second-order valence-electron chi connectivity index (χ2n) is 4.42. The third-order valence-corrected chi connectivity index (χ3v) is 3.15. The molecule has 0 saturated heterocycles. The van der Waals surface area contributed by atoms with E-state index in [0.717, 1.165) is 17.9 Å². The van der Waals surface area contributed by atoms with E-state index >= 15 is 0 Å². The Morgan fingerprint density at radius 3 is 2.95 bits per heavy atom. The number of benzene rings is 1. The standard InChI is InChI=1S/C14H17ClN4O/c1-3-9(2)20-11-6-4-5-10(7-11)19-14-12(16)13(15)17-8-18-14/h4-9H,3,16H2,1-2H3,(H,17,18,19). The lowest BCUT2D eigenvalue weighted by molar-refractivity contribution is 0.217. The number of nitrogens with two attached hydrogens (primary N) is 1. The van der Waals surface area contributed by atoms with E-state index in [9.17, 15) is 0 Å². The van der Waals surface area contributed by atoms with E-state index in [0.29, 0.717) is 11.5 Å². The average Bonchev–Trinajstić information content (AvgIpc) is 2.44. The second-order valence-corrected chi connectivity index (χ2v) is 4.77. The molecule has 0 saturated carbocycles. The number of hydrogen-bond acceptors (Lipinski definition) is 5. The van der Waals surface area contributed by atoms with Crippen LogP contribution in [0.3, 0.4) is 0 Å². The van der Waals surface area contributed by atoms with E-state index in [1.807, 2.05) is 31.2 Å². The Labute approximate surface area is 123 Å². The number of halogens is 1. The smallest absolute Gasteiger partial charge is 0.158 e. The van der Waals surface area contributed by atoms with Crippen LogP contribution in [0, 0.1) is 0 Å². The summed E-state index contributed by atoms with van der Waals surface area (Å²) < 4.78 is 5.77. The zero-order valence-electron chi connectivity index (χ0n) is 11.4. The van der Waals surface area contributed by atoms with E-state index in [2.05, 4.69) is 22.2 Å². The molecule has 0 bridgehead atoms. The van der Waals surface area contributed by atoms with Crippen molar-refractivity contribution in [3.8, 4) is 5.75 Å². The number of aromatic nitrogens is 2. The maximum atomic E-state index is 5.86. The molecule has 2 rings (SSSR count). The van der Waals surface area contributed by atoms with Crippen molar-refractivity contribution in [3.63, 3.8) is 0 Å². The predicted molar refractivity (Wildman–Crippen MR) is 81.6 cm³/mol. The highest BCUT2D eigenvalue weighted by molar-refractivity contribution is 6.32. The number of ether oxygens (including phenoxy) is 1. The number of anilines is 3. The number of rotatable bonds is 5. The third-order valence-electron chi connectivity index (χ3n) is 2.84. The van der Waals surface area contributed by atoms with Gasteiger partial charge in [-0.3, -0.25) is 0 Å². The number of nitrogen functional groups attached to an aromatic ring is 1. The summed E-state index contributed by atoms with van der Waals surface area (Å²) in [7, 11) is 0. The molecule has 0 amide bonds. The Hall–Kier alpha value is -2.01. The van der Waals surface area contributed by atoms with E-state index < -0.39 is 0 Å². The van der Waals surface area contributed by atoms with Gasteiger partial charge in [0.05, 0.1) is 6.10 Å². The molecular weight excluding hydrogens is 276 g/mol. The van der Waals surface area contributed by atoms with Crippen molar-refractivity contribution in [1.82, 2.24) is 9.97 Å². The van der Waals surface area contributed by atoms with Crippen LogP contribution in [0.4, 0.5) is 17.2 Å². The van der Waals surface area contributed by atoms with Crippen LogP contribution < -0.4 is 15.8 Å². The van der Waals surface area contributed by atoms with Gasteiger partial charge in [-0.2, -0.15) is 0 Å². The average molecular weight is 293 g/mol. The molecule has 1 atom stereocenters. The maximum Gasteiger partial charge on any atom is 0.158 e. The predicted octanol–water partition coefficient (Wildman–Crippen LogP) is 3.63. The molecule has 0 spiro atoms. The molecule has 1 unspecified atom stereocenters. The first-order valence-electron chi connectivity index (χ1n) is 6.40. The molecule has 20 heavy (non-hydrogen) atoms. The summed E-state index contributed by atoms with van der Waals surface area (Å²) in [4.78, 5) is 7.88. The van der Waals surface area contributed by atoms with Crippen LogP contribution in [0.1, 0.15) is 20.3 Å². The Balaban J connectivity index is 2.17. The SMILES string of the molecule is CCC(C)Oc1cccc(Nc2ncnc(Cl)c2N)c1. The molecule has 6 heteroatoms. The molecular formula is C14H17ClN4O. The minimum Gasteiger partial charge on any atom is -0.491 e. The summed E-state index contributed by atoms with van der Waals surface area (Å²) in [6.07, 6.45) is 2.48. The summed E-state index contributed by atoms with van der Waals surface area (Å²) in [5.41, 5.74) is 6.97. The summed E-state index contributed by atoms with van der Waals surface area (Å²) in [6.45, 7) is 4.11. The molecule has 0 aliphatic rings. The first-order valence-corrected chi connectivity index (χ1v) is 6.77. The van der Waals surface area contributed by atoms with Gasteiger partial charge in [-0.1, -0.05) is 24.6 Å². The van der Waals surface area contributed by atoms with Gasteiger partial charge in [0, 0.05) is 11.8 Å². The number of nitrogens with zero attached hydrogens (tertiary/aromatic N) is 2. The fraction of sp³-hybridized carbons (Fsp3) is 0.286. The van der Waals surface area contributed by atoms with Crippen LogP contribution in [0.15, 0.2) is 30.6 Å². The van der Waals surface area contributed by atoms with Crippen LogP contribution >= 0.6 is 11.6 Å². The molecule has 0 radical (unpaired) electrons. The van der Waals surface area contributed by atoms with Crippen molar-refractivity contribution < 1.29 is 4.74 Å². The van der Waals surface area contributed by atoms with Gasteiger partial charge in [-0.05, 0) is 25.5 Å². The Bertz CT molecular complexity index is 591. The Morgan fingerprint density at radius 2 is 2.20 bits per heavy atom. The molecule has 0 fully saturated rings. The van der Waals surface area contributed by atoms with E-state index in [1.165, 1.54) is 6.33 Å². The lowest BCUT2D eigenvalue weighted by atomic mass is 10.2. The molecule has 1 aromatic carbocycles. The fourth-order valence-electron chi connectivity index (χ4n) is 1.57. The summed E-state index contributed by atoms with van der Waals surface area (Å²) in [5, 5.41) is 3.34. The fourth-order valence-corrected chi connectivity index (χ4v) is 1.71. The van der Waals surface area contributed by atoms with Gasteiger partial charge in [0.25, 0.3) is 0 Å². The monoisotopic (exact) mass is 292 g/mol. The summed E-state index contributed by atoms with van der Waals surface area (Å²) in [6, 6.07) is 7.60. The van der Waals surface area contributed by atoms with Gasteiger partial charge >= 0.3 is 0 Å². The lowest BCUT2D eigenvalue weighted by Gasteiger charge is -2.14. The van der Waals surface area contributed by atoms with Crippen molar-refractivity contribution in [1.29, 1.82) is 0 Å². The van der Waals surface area contributed by atoms with Crippen molar-refractivity contribution >= 4 is 28.8 Å². The number of nitrogens with one attached hydrogen (secondary N) is 1. The molecule has 5 nitrogen and oxygen atoms in total. The van der Waals surface area contributed by atoms with Crippen molar-refractivity contribution in [2.75, 3.05) is 11.1 Å². The molecule has 1 aromatic heterocycles. The quantitative estimate of drug-likeness (QED) is 0.823. The summed E-state index contributed by atoms with van der Waals surface area (Å²) in [5.74, 6) is 1.27. The molecule has 1 heterocycles. The maximum absolute atomic E-state index is 5.86. The van der Waals surface area contributed by atoms with Gasteiger partial charge < -0.3 is 15.8 Å². The highest BCUT2D eigenvalue weighted by atomic mass is 35.5. The van der Waals surface area contributed by atoms with Crippen LogP contribution in [0.5, 0.6) is 5.75 Å². The minimum atomic E-state index is 0.170. The van der Waals surface area contributed by atoms with Gasteiger partial charge in [-0.15, -0.1) is 0 Å². The van der Waals surface area contributed by atoms with Gasteiger partial charge in [-0.25, -0.2) is 9.97 Å². The van der Waals surface area contributed by atoms with E-state index in [4.69, 9.17) is 22.1 Å². The molecule has 106 valence electrons. The molecule has 0 aliphatic heterocycles. The van der Waals surface area contributed by atoms with Crippen molar-refractivity contribution in [2.24, 2.45) is 0 Å². The lowest BCUT2D eigenvalue weighted by Crippen LogP contribution is -2.09. The van der Waals surface area contributed by atoms with Crippen LogP contribution in [-0.2, 0) is 0 Å². The van der Waals surface area contributed by atoms with Gasteiger partial charge in [0.2, 0.25) is 0 Å². The van der Waals surface area contributed by atoms with Crippen molar-refractivity contribution in [2.45, 2.75) is 26.4 Å². The molecule has 3 N–H and O–H groups in total. The Kier molecular flexibility index (Phi) is 4.63. The molecule has 0 aliphatic carbocycles. The summed E-state index contributed by atoms with van der Waals surface area (Å²) >= 11 is 5.86. The van der Waals surface area contributed by atoms with Crippen LogP contribution in [0.25, 0.3) is 0 Å². The highest BCUT2D eigenvalue weighted by Crippen LogP contribution is 2.27. The van der Waals surface area contributed by atoms with Crippen LogP contribution in [-0.4, -0.2) is 16.1 Å². The number of hydrogen-bond donors (Lipinski definition) is 2. The zero-order chi connectivity index (χ0) is 14.5. The van der Waals surface area contributed by atoms with E-state index in [-0.39, 0.29) is 11.3 Å². The minimum absolute atomic E-state index is 0.170. The van der Waals surface area contributed by atoms with Gasteiger partial charge in [0.15, 0.2) is 11.0 Å². The van der Waals surface area contributed by atoms with Crippen molar-refractivity contribution in [3.05, 3.63) is 35.7 Å². The highest BCUT2D eigenvalue weighted by Gasteiger charge is 2.07. The topological polar surface area (TPSA) is 73.1 Å². The second kappa shape index (κ2) is 6.43. The normalized spacial score (nSPS) is 11.9. The van der Waals surface area contributed by atoms with Gasteiger partial charge in [0.1, 0.15) is 17.8 Å². The third kappa shape index (κ3) is 3.51. The Morgan fingerprint density at radius 1 is 1.40 bits per heavy atom. The zero-order valence-corrected chi connectivity index (χ0v) is 12.2. The van der Waals surface area contributed by atoms with E-state index in [1.54, 1.807) is 0 Å². The first kappa shape index (κ1) is 14.4. The first-order chi connectivity index (χ1) is 9.60. The molecule has 2 aromatic rings. The van der Waals surface area contributed by atoms with Crippen LogP contribution in [0.2, 0.25) is 5.15 Å². The largest absolute Gasteiger partial charge is 0.491 e.